The van der Waals surface area contributed by atoms with Crippen molar-refractivity contribution in [1.82, 2.24) is 9.62 Å². The molecule has 1 aliphatic heterocycles. The van der Waals surface area contributed by atoms with Gasteiger partial charge in [0.1, 0.15) is 0 Å². The number of hydrogen-bond acceptors (Lipinski definition) is 5. The molecule has 1 N–H and O–H groups in total. The van der Waals surface area contributed by atoms with E-state index in [2.05, 4.69) is 16.5 Å². The quantitative estimate of drug-likeness (QED) is 0.722. The molecule has 2 aromatic carbocycles. The molecule has 6 nitrogen and oxygen atoms in total. The van der Waals surface area contributed by atoms with E-state index in [1.54, 1.807) is 0 Å². The highest BCUT2D eigenvalue weighted by molar-refractivity contribution is 7.90. The molecule has 1 aliphatic rings. The lowest BCUT2D eigenvalue weighted by Gasteiger charge is -2.37. The van der Waals surface area contributed by atoms with Gasteiger partial charge in [-0.2, -0.15) is 0 Å². The molecule has 0 radical (unpaired) electrons. The number of hydrogen-bond donors (Lipinski definition) is 1. The van der Waals surface area contributed by atoms with Crippen LogP contribution in [-0.4, -0.2) is 47.6 Å². The summed E-state index contributed by atoms with van der Waals surface area (Å²) in [7, 11) is -7.11. The summed E-state index contributed by atoms with van der Waals surface area (Å²) in [6.07, 6.45) is 3.30. The summed E-state index contributed by atoms with van der Waals surface area (Å²) in [6.45, 7) is 4.38. The van der Waals surface area contributed by atoms with E-state index in [-0.39, 0.29) is 22.4 Å². The average Bonchev–Trinajstić information content (AvgIpc) is 2.70. The second-order valence-corrected chi connectivity index (χ2v) is 11.5. The van der Waals surface area contributed by atoms with Crippen molar-refractivity contribution in [2.45, 2.75) is 35.6 Å². The van der Waals surface area contributed by atoms with Crippen molar-refractivity contribution in [3.8, 4) is 0 Å². The number of likely N-dealkylation sites (tertiary alicyclic amines) is 1. The number of nitrogens with zero attached hydrogens (tertiary/aromatic N) is 1. The van der Waals surface area contributed by atoms with E-state index in [1.165, 1.54) is 24.3 Å². The van der Waals surface area contributed by atoms with Gasteiger partial charge in [-0.25, -0.2) is 21.6 Å². The SMILES string of the molecule is CC1CCN(C(CNS(=O)(=O)c2ccc(S(C)(=O)=O)cc2)c2ccccc2)CC1. The maximum absolute atomic E-state index is 12.8. The van der Waals surface area contributed by atoms with E-state index in [9.17, 15) is 16.8 Å². The smallest absolute Gasteiger partial charge is 0.240 e. The van der Waals surface area contributed by atoms with Crippen molar-refractivity contribution in [2.24, 2.45) is 5.92 Å². The van der Waals surface area contributed by atoms with Crippen molar-refractivity contribution in [3.63, 3.8) is 0 Å². The van der Waals surface area contributed by atoms with E-state index in [4.69, 9.17) is 0 Å². The van der Waals surface area contributed by atoms with Gasteiger partial charge in [0, 0.05) is 18.8 Å². The fourth-order valence-corrected chi connectivity index (χ4v) is 5.28. The third-order valence-corrected chi connectivity index (χ3v) is 8.04. The Labute approximate surface area is 173 Å². The van der Waals surface area contributed by atoms with Crippen molar-refractivity contribution < 1.29 is 16.8 Å². The number of rotatable bonds is 7. The molecule has 1 unspecified atom stereocenters. The minimum atomic E-state index is -3.75. The minimum Gasteiger partial charge on any atom is -0.295 e. The van der Waals surface area contributed by atoms with Crippen LogP contribution in [0.4, 0.5) is 0 Å². The van der Waals surface area contributed by atoms with Gasteiger partial charge >= 0.3 is 0 Å². The average molecular weight is 437 g/mol. The van der Waals surface area contributed by atoms with Crippen LogP contribution in [0.5, 0.6) is 0 Å². The molecule has 0 aromatic heterocycles. The molecule has 1 saturated heterocycles. The molecule has 1 atom stereocenters. The van der Waals surface area contributed by atoms with Crippen LogP contribution < -0.4 is 4.72 Å². The predicted molar refractivity (Wildman–Crippen MR) is 114 cm³/mol. The zero-order valence-corrected chi connectivity index (χ0v) is 18.4. The molecule has 1 heterocycles. The van der Waals surface area contributed by atoms with Gasteiger partial charge in [0.05, 0.1) is 9.79 Å². The highest BCUT2D eigenvalue weighted by atomic mass is 32.2. The standard InChI is InChI=1S/C21H28N2O4S2/c1-17-12-14-23(15-13-17)21(18-6-4-3-5-7-18)16-22-29(26,27)20-10-8-19(9-11-20)28(2,24)25/h3-11,17,21-22H,12-16H2,1-2H3. The summed E-state index contributed by atoms with van der Waals surface area (Å²) >= 11 is 0. The van der Waals surface area contributed by atoms with Crippen LogP contribution in [-0.2, 0) is 19.9 Å². The molecule has 1 fully saturated rings. The predicted octanol–water partition coefficient (Wildman–Crippen LogP) is 2.84. The maximum Gasteiger partial charge on any atom is 0.240 e. The van der Waals surface area contributed by atoms with E-state index >= 15 is 0 Å². The summed E-state index contributed by atoms with van der Waals surface area (Å²) in [6, 6.07) is 15.2. The van der Waals surface area contributed by atoms with Crippen molar-refractivity contribution in [1.29, 1.82) is 0 Å². The molecule has 0 amide bonds. The van der Waals surface area contributed by atoms with E-state index < -0.39 is 19.9 Å². The monoisotopic (exact) mass is 436 g/mol. The number of nitrogens with one attached hydrogen (secondary N) is 1. The third kappa shape index (κ3) is 5.66. The van der Waals surface area contributed by atoms with Crippen LogP contribution in [0.2, 0.25) is 0 Å². The molecular formula is C21H28N2O4S2. The minimum absolute atomic E-state index is 0.0474. The first-order chi connectivity index (χ1) is 13.7. The normalized spacial score (nSPS) is 17.9. The van der Waals surface area contributed by atoms with Gasteiger partial charge < -0.3 is 0 Å². The van der Waals surface area contributed by atoms with Gasteiger partial charge in [-0.05, 0) is 61.7 Å². The number of sulfone groups is 1. The Balaban J connectivity index is 1.77. The number of piperidine rings is 1. The van der Waals surface area contributed by atoms with Crippen LogP contribution >= 0.6 is 0 Å². The van der Waals surface area contributed by atoms with Gasteiger partial charge in [0.25, 0.3) is 0 Å². The van der Waals surface area contributed by atoms with Gasteiger partial charge in [0.15, 0.2) is 9.84 Å². The van der Waals surface area contributed by atoms with Crippen LogP contribution in [0.15, 0.2) is 64.4 Å². The Bertz CT molecular complexity index is 1010. The lowest BCUT2D eigenvalue weighted by Crippen LogP contribution is -2.41. The molecule has 8 heteroatoms. The van der Waals surface area contributed by atoms with E-state index in [1.807, 2.05) is 30.3 Å². The number of benzene rings is 2. The Kier molecular flexibility index (Phi) is 6.78. The van der Waals surface area contributed by atoms with E-state index in [0.29, 0.717) is 5.92 Å². The lowest BCUT2D eigenvalue weighted by molar-refractivity contribution is 0.139. The summed E-state index contributed by atoms with van der Waals surface area (Å²) in [5, 5.41) is 0. The molecule has 158 valence electrons. The van der Waals surface area contributed by atoms with Crippen LogP contribution in [0.1, 0.15) is 31.4 Å². The van der Waals surface area contributed by atoms with Crippen molar-refractivity contribution in [2.75, 3.05) is 25.9 Å². The van der Waals surface area contributed by atoms with Gasteiger partial charge in [0.2, 0.25) is 10.0 Å². The van der Waals surface area contributed by atoms with Gasteiger partial charge in [-0.15, -0.1) is 0 Å². The fourth-order valence-electron chi connectivity index (χ4n) is 3.61. The lowest BCUT2D eigenvalue weighted by atomic mass is 9.96. The largest absolute Gasteiger partial charge is 0.295 e. The maximum atomic E-state index is 12.8. The van der Waals surface area contributed by atoms with Gasteiger partial charge in [-0.1, -0.05) is 37.3 Å². The topological polar surface area (TPSA) is 83.6 Å². The first-order valence-electron chi connectivity index (χ1n) is 9.75. The first-order valence-corrected chi connectivity index (χ1v) is 13.1. The molecule has 0 spiro atoms. The van der Waals surface area contributed by atoms with E-state index in [0.717, 1.165) is 37.8 Å². The first kappa shape index (κ1) is 22.0. The zero-order chi connectivity index (χ0) is 21.1. The second kappa shape index (κ2) is 8.95. The Morgan fingerprint density at radius 1 is 0.931 bits per heavy atom. The zero-order valence-electron chi connectivity index (χ0n) is 16.8. The molecule has 29 heavy (non-hydrogen) atoms. The Morgan fingerprint density at radius 2 is 1.48 bits per heavy atom. The Morgan fingerprint density at radius 3 is 2.03 bits per heavy atom. The molecule has 0 aliphatic carbocycles. The molecule has 0 bridgehead atoms. The van der Waals surface area contributed by atoms with Crippen LogP contribution in [0, 0.1) is 5.92 Å². The molecule has 3 rings (SSSR count). The number of sulfonamides is 1. The summed E-state index contributed by atoms with van der Waals surface area (Å²) < 4.78 is 51.5. The third-order valence-electron chi connectivity index (χ3n) is 5.47. The van der Waals surface area contributed by atoms with Crippen molar-refractivity contribution >= 4 is 19.9 Å². The summed E-state index contributed by atoms with van der Waals surface area (Å²) in [5.74, 6) is 0.688. The molecule has 0 saturated carbocycles. The highest BCUT2D eigenvalue weighted by Gasteiger charge is 2.26. The summed E-state index contributed by atoms with van der Waals surface area (Å²) in [5.41, 5.74) is 1.08. The molecule has 2 aromatic rings. The van der Waals surface area contributed by atoms with Crippen LogP contribution in [0.25, 0.3) is 0 Å². The fraction of sp³-hybridized carbons (Fsp3) is 0.429. The van der Waals surface area contributed by atoms with Gasteiger partial charge in [-0.3, -0.25) is 4.90 Å². The second-order valence-electron chi connectivity index (χ2n) is 7.74. The van der Waals surface area contributed by atoms with Crippen molar-refractivity contribution in [3.05, 3.63) is 60.2 Å². The highest BCUT2D eigenvalue weighted by Crippen LogP contribution is 2.27. The Hall–Kier alpha value is -1.74. The van der Waals surface area contributed by atoms with Crippen LogP contribution in [0.3, 0.4) is 0 Å². The summed E-state index contributed by atoms with van der Waals surface area (Å²) in [4.78, 5) is 2.50. The molecular weight excluding hydrogens is 408 g/mol.